The molecular formula is C26H52. The van der Waals surface area contributed by atoms with Crippen molar-refractivity contribution < 1.29 is 0 Å². The second-order valence-corrected chi connectivity index (χ2v) is 8.52. The van der Waals surface area contributed by atoms with Crippen molar-refractivity contribution in [1.29, 1.82) is 0 Å². The number of rotatable bonds is 21. The fraction of sp³-hybridized carbons (Fsp3) is 0.923. The highest BCUT2D eigenvalue weighted by atomic mass is 14.1. The van der Waals surface area contributed by atoms with Gasteiger partial charge in [0.2, 0.25) is 0 Å². The van der Waals surface area contributed by atoms with Gasteiger partial charge in [0, 0.05) is 0 Å². The second-order valence-electron chi connectivity index (χ2n) is 8.52. The molecular weight excluding hydrogens is 312 g/mol. The minimum atomic E-state index is 1.02. The van der Waals surface area contributed by atoms with Crippen LogP contribution >= 0.6 is 0 Å². The molecule has 1 unspecified atom stereocenters. The highest BCUT2D eigenvalue weighted by Gasteiger charge is 2.06. The van der Waals surface area contributed by atoms with Crippen LogP contribution in [0, 0.1) is 5.92 Å². The lowest BCUT2D eigenvalue weighted by atomic mass is 9.91. The third-order valence-corrected chi connectivity index (χ3v) is 5.79. The van der Waals surface area contributed by atoms with Crippen LogP contribution in [0.5, 0.6) is 0 Å². The van der Waals surface area contributed by atoms with Crippen molar-refractivity contribution in [3.63, 3.8) is 0 Å². The number of unbranched alkanes of at least 4 members (excludes halogenated alkanes) is 13. The maximum Gasteiger partial charge on any atom is -0.0351 e. The molecule has 0 amide bonds. The zero-order valence-electron chi connectivity index (χ0n) is 18.9. The van der Waals surface area contributed by atoms with Gasteiger partial charge in [-0.25, -0.2) is 0 Å². The molecule has 0 aliphatic heterocycles. The Morgan fingerprint density at radius 3 is 1.42 bits per heavy atom. The third kappa shape index (κ3) is 20.1. The zero-order chi connectivity index (χ0) is 19.1. The summed E-state index contributed by atoms with van der Waals surface area (Å²) in [6, 6.07) is 0. The fourth-order valence-electron chi connectivity index (χ4n) is 4.01. The van der Waals surface area contributed by atoms with E-state index in [0.717, 1.165) is 5.92 Å². The van der Waals surface area contributed by atoms with Gasteiger partial charge in [-0.2, -0.15) is 0 Å². The normalized spacial score (nSPS) is 12.9. The number of hydrogen-bond acceptors (Lipinski definition) is 0. The average molecular weight is 365 g/mol. The number of allylic oxidation sites excluding steroid dienone is 2. The molecule has 0 fully saturated rings. The van der Waals surface area contributed by atoms with Crippen molar-refractivity contribution in [3.8, 4) is 0 Å². The highest BCUT2D eigenvalue weighted by Crippen LogP contribution is 2.22. The van der Waals surface area contributed by atoms with Crippen molar-refractivity contribution in [2.24, 2.45) is 5.92 Å². The van der Waals surface area contributed by atoms with Crippen LogP contribution in [0.25, 0.3) is 0 Å². The van der Waals surface area contributed by atoms with Crippen LogP contribution in [0.1, 0.15) is 149 Å². The summed E-state index contributed by atoms with van der Waals surface area (Å²) in [6.45, 7) is 6.97. The molecule has 0 aliphatic carbocycles. The van der Waals surface area contributed by atoms with Crippen molar-refractivity contribution in [1.82, 2.24) is 0 Å². The van der Waals surface area contributed by atoms with Crippen LogP contribution < -0.4 is 0 Å². The van der Waals surface area contributed by atoms with E-state index in [1.807, 2.05) is 0 Å². The lowest BCUT2D eigenvalue weighted by molar-refractivity contribution is 0.383. The Labute approximate surface area is 167 Å². The summed E-state index contributed by atoms with van der Waals surface area (Å²) >= 11 is 0. The van der Waals surface area contributed by atoms with E-state index >= 15 is 0 Å². The van der Waals surface area contributed by atoms with Crippen molar-refractivity contribution in [3.05, 3.63) is 12.2 Å². The largest absolute Gasteiger partial charge is 0.0885 e. The summed E-state index contributed by atoms with van der Waals surface area (Å²) in [7, 11) is 0. The van der Waals surface area contributed by atoms with Crippen LogP contribution in [0.3, 0.4) is 0 Å². The SMILES string of the molecule is CCCCCCCCC=CCCCCCCCCC(CCC)CCCC. The van der Waals surface area contributed by atoms with Crippen molar-refractivity contribution in [2.75, 3.05) is 0 Å². The Morgan fingerprint density at radius 2 is 0.885 bits per heavy atom. The minimum Gasteiger partial charge on any atom is -0.0885 e. The first kappa shape index (κ1) is 25.7. The van der Waals surface area contributed by atoms with E-state index in [0.29, 0.717) is 0 Å². The number of hydrogen-bond donors (Lipinski definition) is 0. The summed E-state index contributed by atoms with van der Waals surface area (Å²) in [5, 5.41) is 0. The molecule has 0 heteroatoms. The van der Waals surface area contributed by atoms with E-state index < -0.39 is 0 Å². The molecule has 0 saturated heterocycles. The summed E-state index contributed by atoms with van der Waals surface area (Å²) in [6.07, 6.45) is 33.3. The Morgan fingerprint density at radius 1 is 0.423 bits per heavy atom. The molecule has 0 bridgehead atoms. The molecule has 0 nitrogen and oxygen atoms in total. The summed E-state index contributed by atoms with van der Waals surface area (Å²) in [4.78, 5) is 0. The van der Waals surface area contributed by atoms with Gasteiger partial charge in [-0.1, -0.05) is 136 Å². The minimum absolute atomic E-state index is 1.02. The predicted octanol–water partition coefficient (Wildman–Crippen LogP) is 10.0. The molecule has 26 heavy (non-hydrogen) atoms. The molecule has 0 N–H and O–H groups in total. The Kier molecular flexibility index (Phi) is 22.6. The van der Waals surface area contributed by atoms with Crippen LogP contribution in [0.4, 0.5) is 0 Å². The van der Waals surface area contributed by atoms with Gasteiger partial charge < -0.3 is 0 Å². The molecule has 0 radical (unpaired) electrons. The Balaban J connectivity index is 3.28. The lowest BCUT2D eigenvalue weighted by Gasteiger charge is -2.15. The maximum absolute atomic E-state index is 2.44. The molecule has 0 heterocycles. The first-order valence-corrected chi connectivity index (χ1v) is 12.5. The molecule has 156 valence electrons. The van der Waals surface area contributed by atoms with E-state index in [1.54, 1.807) is 0 Å². The van der Waals surface area contributed by atoms with Gasteiger partial charge in [0.1, 0.15) is 0 Å². The Bertz CT molecular complexity index is 265. The smallest absolute Gasteiger partial charge is 0.0351 e. The highest BCUT2D eigenvalue weighted by molar-refractivity contribution is 4.81. The van der Waals surface area contributed by atoms with E-state index in [4.69, 9.17) is 0 Å². The van der Waals surface area contributed by atoms with Gasteiger partial charge in [0.05, 0.1) is 0 Å². The van der Waals surface area contributed by atoms with Gasteiger partial charge in [0.25, 0.3) is 0 Å². The summed E-state index contributed by atoms with van der Waals surface area (Å²) in [5.74, 6) is 1.02. The summed E-state index contributed by atoms with van der Waals surface area (Å²) in [5.41, 5.74) is 0. The van der Waals surface area contributed by atoms with Gasteiger partial charge in [-0.3, -0.25) is 0 Å². The van der Waals surface area contributed by atoms with Gasteiger partial charge >= 0.3 is 0 Å². The predicted molar refractivity (Wildman–Crippen MR) is 122 cm³/mol. The fourth-order valence-corrected chi connectivity index (χ4v) is 4.01. The van der Waals surface area contributed by atoms with Crippen molar-refractivity contribution in [2.45, 2.75) is 149 Å². The first-order chi connectivity index (χ1) is 12.8. The van der Waals surface area contributed by atoms with Crippen LogP contribution in [-0.2, 0) is 0 Å². The van der Waals surface area contributed by atoms with Crippen LogP contribution in [0.15, 0.2) is 12.2 Å². The van der Waals surface area contributed by atoms with E-state index in [1.165, 1.54) is 128 Å². The second kappa shape index (κ2) is 22.8. The van der Waals surface area contributed by atoms with Crippen LogP contribution in [0.2, 0.25) is 0 Å². The van der Waals surface area contributed by atoms with Gasteiger partial charge in [-0.05, 0) is 31.6 Å². The molecule has 1 atom stereocenters. The van der Waals surface area contributed by atoms with Gasteiger partial charge in [0.15, 0.2) is 0 Å². The topological polar surface area (TPSA) is 0 Å². The van der Waals surface area contributed by atoms with Crippen molar-refractivity contribution >= 4 is 0 Å². The van der Waals surface area contributed by atoms with E-state index in [2.05, 4.69) is 32.9 Å². The zero-order valence-corrected chi connectivity index (χ0v) is 18.9. The lowest BCUT2D eigenvalue weighted by Crippen LogP contribution is -2.00. The summed E-state index contributed by atoms with van der Waals surface area (Å²) < 4.78 is 0. The molecule has 0 spiro atoms. The molecule has 0 aromatic carbocycles. The molecule has 0 aliphatic rings. The van der Waals surface area contributed by atoms with Gasteiger partial charge in [-0.15, -0.1) is 0 Å². The molecule has 0 rings (SSSR count). The average Bonchev–Trinajstić information content (AvgIpc) is 2.65. The monoisotopic (exact) mass is 364 g/mol. The standard InChI is InChI=1S/C26H52/c1-4-7-9-10-11-12-13-14-15-16-17-18-19-20-21-22-25-26(23-6-3)24-8-5-2/h14-15,26H,4-13,16-25H2,1-3H3. The third-order valence-electron chi connectivity index (χ3n) is 5.79. The van der Waals surface area contributed by atoms with E-state index in [9.17, 15) is 0 Å². The van der Waals surface area contributed by atoms with E-state index in [-0.39, 0.29) is 0 Å². The molecule has 0 aromatic rings. The maximum atomic E-state index is 2.44. The van der Waals surface area contributed by atoms with Crippen LogP contribution in [-0.4, -0.2) is 0 Å². The quantitative estimate of drug-likeness (QED) is 0.140. The Hall–Kier alpha value is -0.260. The first-order valence-electron chi connectivity index (χ1n) is 12.5. The molecule has 0 saturated carbocycles. The molecule has 0 aromatic heterocycles.